The summed E-state index contributed by atoms with van der Waals surface area (Å²) in [7, 11) is 1.78. The highest BCUT2D eigenvalue weighted by Crippen LogP contribution is 2.08. The average Bonchev–Trinajstić information content (AvgIpc) is 2.32. The zero-order chi connectivity index (χ0) is 12.7. The largest absolute Gasteiger partial charge is 0.341 e. The minimum absolute atomic E-state index is 0.135. The minimum Gasteiger partial charge on any atom is -0.341 e. The third kappa shape index (κ3) is 5.31. The van der Waals surface area contributed by atoms with E-state index in [-0.39, 0.29) is 11.7 Å². The topological polar surface area (TPSA) is 20.3 Å². The molecule has 1 amide bonds. The number of benzene rings is 1. The molecule has 0 saturated carbocycles. The molecule has 94 valence electrons. The molecule has 1 aromatic rings. The van der Waals surface area contributed by atoms with E-state index in [1.54, 1.807) is 24.1 Å². The zero-order valence-electron chi connectivity index (χ0n) is 9.96. The van der Waals surface area contributed by atoms with E-state index in [0.717, 1.165) is 23.7 Å². The first-order valence-electron chi connectivity index (χ1n) is 5.68. The van der Waals surface area contributed by atoms with E-state index in [9.17, 15) is 9.18 Å². The molecule has 0 aromatic heterocycles. The molecule has 0 N–H and O–H groups in total. The van der Waals surface area contributed by atoms with Gasteiger partial charge in [0.1, 0.15) is 5.82 Å². The van der Waals surface area contributed by atoms with E-state index in [4.69, 9.17) is 0 Å². The first-order valence-corrected chi connectivity index (χ1v) is 6.80. The number of alkyl halides is 1. The molecule has 0 saturated heterocycles. The summed E-state index contributed by atoms with van der Waals surface area (Å²) in [6.07, 6.45) is 2.48. The normalized spacial score (nSPS) is 10.3. The maximum absolute atomic E-state index is 12.7. The predicted octanol–water partition coefficient (Wildman–Crippen LogP) is 3.35. The molecule has 2 nitrogen and oxygen atoms in total. The number of halogens is 2. The summed E-state index contributed by atoms with van der Waals surface area (Å²) in [6.45, 7) is 0.535. The lowest BCUT2D eigenvalue weighted by Crippen LogP contribution is -2.25. The molecule has 0 aliphatic heterocycles. The number of hydrogen-bond acceptors (Lipinski definition) is 1. The molecule has 1 aromatic carbocycles. The smallest absolute Gasteiger partial charge is 0.222 e. The van der Waals surface area contributed by atoms with Crippen LogP contribution in [0.15, 0.2) is 24.3 Å². The van der Waals surface area contributed by atoms with E-state index in [1.165, 1.54) is 12.1 Å². The van der Waals surface area contributed by atoms with Crippen molar-refractivity contribution in [1.82, 2.24) is 4.90 Å². The molecule has 0 radical (unpaired) electrons. The molecule has 0 unspecified atom stereocenters. The minimum atomic E-state index is -0.250. The SMILES string of the molecule is CN(Cc1ccc(F)cc1)C(=O)CCCCBr. The highest BCUT2D eigenvalue weighted by molar-refractivity contribution is 9.09. The van der Waals surface area contributed by atoms with Crippen LogP contribution in [0.1, 0.15) is 24.8 Å². The second-order valence-corrected chi connectivity index (χ2v) is 4.82. The third-order valence-corrected chi connectivity index (χ3v) is 3.09. The molecular weight excluding hydrogens is 285 g/mol. The van der Waals surface area contributed by atoms with Crippen LogP contribution >= 0.6 is 15.9 Å². The summed E-state index contributed by atoms with van der Waals surface area (Å²) in [6, 6.07) is 6.24. The quantitative estimate of drug-likeness (QED) is 0.583. The van der Waals surface area contributed by atoms with Crippen molar-refractivity contribution in [2.75, 3.05) is 12.4 Å². The molecule has 0 atom stereocenters. The fraction of sp³-hybridized carbons (Fsp3) is 0.462. The Kier molecular flexibility index (Phi) is 6.19. The van der Waals surface area contributed by atoms with Crippen LogP contribution < -0.4 is 0 Å². The zero-order valence-corrected chi connectivity index (χ0v) is 11.5. The Bertz CT molecular complexity index is 353. The van der Waals surface area contributed by atoms with Gasteiger partial charge in [0.15, 0.2) is 0 Å². The number of hydrogen-bond donors (Lipinski definition) is 0. The fourth-order valence-electron chi connectivity index (χ4n) is 1.51. The number of carbonyl (C=O) groups is 1. The lowest BCUT2D eigenvalue weighted by Gasteiger charge is -2.17. The van der Waals surface area contributed by atoms with Gasteiger partial charge in [-0.1, -0.05) is 28.1 Å². The summed E-state index contributed by atoms with van der Waals surface area (Å²) in [5, 5.41) is 0.932. The van der Waals surface area contributed by atoms with Crippen LogP contribution in [-0.2, 0) is 11.3 Å². The van der Waals surface area contributed by atoms with Crippen molar-refractivity contribution in [3.63, 3.8) is 0 Å². The Morgan fingerprint density at radius 1 is 1.29 bits per heavy atom. The number of carbonyl (C=O) groups excluding carboxylic acids is 1. The highest BCUT2D eigenvalue weighted by Gasteiger charge is 2.08. The standard InChI is InChI=1S/C13H17BrFNO/c1-16(13(17)4-2-3-9-14)10-11-5-7-12(15)8-6-11/h5-8H,2-4,9-10H2,1H3. The number of amides is 1. The predicted molar refractivity (Wildman–Crippen MR) is 70.5 cm³/mol. The maximum atomic E-state index is 12.7. The Morgan fingerprint density at radius 2 is 1.94 bits per heavy atom. The lowest BCUT2D eigenvalue weighted by atomic mass is 10.2. The van der Waals surface area contributed by atoms with Gasteiger partial charge in [0.2, 0.25) is 5.91 Å². The van der Waals surface area contributed by atoms with Crippen LogP contribution in [0.5, 0.6) is 0 Å². The van der Waals surface area contributed by atoms with E-state index in [0.29, 0.717) is 13.0 Å². The van der Waals surface area contributed by atoms with Crippen LogP contribution in [-0.4, -0.2) is 23.2 Å². The monoisotopic (exact) mass is 301 g/mol. The van der Waals surface area contributed by atoms with Crippen LogP contribution in [0.3, 0.4) is 0 Å². The summed E-state index contributed by atoms with van der Waals surface area (Å²) in [4.78, 5) is 13.4. The van der Waals surface area contributed by atoms with Gasteiger partial charge in [-0.15, -0.1) is 0 Å². The molecule has 4 heteroatoms. The molecular formula is C13H17BrFNO. The Labute approximate surface area is 110 Å². The summed E-state index contributed by atoms with van der Waals surface area (Å²) >= 11 is 3.34. The maximum Gasteiger partial charge on any atom is 0.222 e. The van der Waals surface area contributed by atoms with E-state index >= 15 is 0 Å². The fourth-order valence-corrected chi connectivity index (χ4v) is 1.91. The highest BCUT2D eigenvalue weighted by atomic mass is 79.9. The Hall–Kier alpha value is -0.900. The Balaban J connectivity index is 2.40. The van der Waals surface area contributed by atoms with E-state index in [2.05, 4.69) is 15.9 Å². The van der Waals surface area contributed by atoms with Gasteiger partial charge in [0.05, 0.1) is 0 Å². The average molecular weight is 302 g/mol. The van der Waals surface area contributed by atoms with Gasteiger partial charge in [-0.3, -0.25) is 4.79 Å². The van der Waals surface area contributed by atoms with Crippen molar-refractivity contribution in [1.29, 1.82) is 0 Å². The lowest BCUT2D eigenvalue weighted by molar-refractivity contribution is -0.130. The molecule has 0 bridgehead atoms. The van der Waals surface area contributed by atoms with Gasteiger partial charge in [0.25, 0.3) is 0 Å². The number of nitrogens with zero attached hydrogens (tertiary/aromatic N) is 1. The van der Waals surface area contributed by atoms with Crippen LogP contribution in [0, 0.1) is 5.82 Å². The molecule has 0 spiro atoms. The van der Waals surface area contributed by atoms with Gasteiger partial charge in [-0.05, 0) is 30.5 Å². The molecule has 0 aliphatic carbocycles. The van der Waals surface area contributed by atoms with Crippen LogP contribution in [0.25, 0.3) is 0 Å². The molecule has 0 aliphatic rings. The van der Waals surface area contributed by atoms with Crippen molar-refractivity contribution < 1.29 is 9.18 Å². The van der Waals surface area contributed by atoms with Crippen molar-refractivity contribution >= 4 is 21.8 Å². The Morgan fingerprint density at radius 3 is 2.53 bits per heavy atom. The van der Waals surface area contributed by atoms with Gasteiger partial charge in [0, 0.05) is 25.3 Å². The van der Waals surface area contributed by atoms with Crippen molar-refractivity contribution in [2.24, 2.45) is 0 Å². The number of rotatable bonds is 6. The molecule has 0 heterocycles. The van der Waals surface area contributed by atoms with Gasteiger partial charge < -0.3 is 4.90 Å². The second-order valence-electron chi connectivity index (χ2n) is 4.02. The van der Waals surface area contributed by atoms with Gasteiger partial charge >= 0.3 is 0 Å². The van der Waals surface area contributed by atoms with Crippen LogP contribution in [0.2, 0.25) is 0 Å². The molecule has 1 rings (SSSR count). The van der Waals surface area contributed by atoms with E-state index < -0.39 is 0 Å². The molecule has 17 heavy (non-hydrogen) atoms. The van der Waals surface area contributed by atoms with Crippen LogP contribution in [0.4, 0.5) is 4.39 Å². The first kappa shape index (κ1) is 14.2. The first-order chi connectivity index (χ1) is 8.13. The summed E-state index contributed by atoms with van der Waals surface area (Å²) < 4.78 is 12.7. The summed E-state index contributed by atoms with van der Waals surface area (Å²) in [5.41, 5.74) is 0.947. The second kappa shape index (κ2) is 7.43. The van der Waals surface area contributed by atoms with Gasteiger partial charge in [-0.25, -0.2) is 4.39 Å². The van der Waals surface area contributed by atoms with Crippen molar-refractivity contribution in [3.8, 4) is 0 Å². The van der Waals surface area contributed by atoms with Crippen molar-refractivity contribution in [2.45, 2.75) is 25.8 Å². The van der Waals surface area contributed by atoms with E-state index in [1.807, 2.05) is 0 Å². The third-order valence-electron chi connectivity index (χ3n) is 2.53. The molecule has 0 fully saturated rings. The summed E-state index contributed by atoms with van der Waals surface area (Å²) in [5.74, 6) is -0.115. The van der Waals surface area contributed by atoms with Crippen molar-refractivity contribution in [3.05, 3.63) is 35.6 Å². The van der Waals surface area contributed by atoms with Gasteiger partial charge in [-0.2, -0.15) is 0 Å². The number of unbranched alkanes of at least 4 members (excludes halogenated alkanes) is 1.